The van der Waals surface area contributed by atoms with Crippen molar-refractivity contribution in [1.29, 1.82) is 0 Å². The van der Waals surface area contributed by atoms with Crippen LogP contribution in [0.4, 0.5) is 11.6 Å². The second kappa shape index (κ2) is 7.35. The number of rotatable bonds is 4. The van der Waals surface area contributed by atoms with E-state index in [4.69, 9.17) is 4.74 Å². The highest BCUT2D eigenvalue weighted by molar-refractivity contribution is 5.99. The fourth-order valence-corrected chi connectivity index (χ4v) is 4.19. The van der Waals surface area contributed by atoms with Crippen LogP contribution < -0.4 is 10.1 Å². The number of nitro groups is 1. The average Bonchev–Trinajstić information content (AvgIpc) is 3.21. The number of hydrogen-bond donors (Lipinski definition) is 1. The van der Waals surface area contributed by atoms with Gasteiger partial charge >= 0.3 is 0 Å². The lowest BCUT2D eigenvalue weighted by molar-refractivity contribution is -0.385. The van der Waals surface area contributed by atoms with Gasteiger partial charge in [0.2, 0.25) is 5.95 Å². The van der Waals surface area contributed by atoms with Gasteiger partial charge in [0.15, 0.2) is 11.6 Å². The number of ether oxygens (including phenoxy) is 1. The fraction of sp³-hybridized carbons (Fsp3) is 0.227. The summed E-state index contributed by atoms with van der Waals surface area (Å²) < 4.78 is 6.79. The number of anilines is 1. The standard InChI is InChI=1S/C22H19N5O4/c1-31-14-11-9-13(10-12-14)21-24-22-23-16-6-4-8-18(28)19(16)20(26(22)25-21)15-5-2-3-7-17(15)27(29)30/h2-3,5,7,9-12,20H,4,6,8H2,1H3,(H,23,24,25). The molecule has 2 aliphatic rings. The Hall–Kier alpha value is -4.01. The zero-order chi connectivity index (χ0) is 21.5. The summed E-state index contributed by atoms with van der Waals surface area (Å²) >= 11 is 0. The minimum absolute atomic E-state index is 0.0240. The number of methoxy groups -OCH3 is 1. The molecule has 1 aromatic heterocycles. The van der Waals surface area contributed by atoms with Crippen LogP contribution in [0.25, 0.3) is 11.4 Å². The molecule has 0 amide bonds. The zero-order valence-corrected chi connectivity index (χ0v) is 16.7. The quantitative estimate of drug-likeness (QED) is 0.506. The first-order valence-electron chi connectivity index (χ1n) is 9.94. The topological polar surface area (TPSA) is 112 Å². The van der Waals surface area contributed by atoms with Crippen molar-refractivity contribution in [2.45, 2.75) is 25.3 Å². The average molecular weight is 417 g/mol. The molecule has 0 fully saturated rings. The van der Waals surface area contributed by atoms with Crippen molar-refractivity contribution in [2.24, 2.45) is 0 Å². The zero-order valence-electron chi connectivity index (χ0n) is 16.7. The number of allylic oxidation sites excluding steroid dienone is 2. The van der Waals surface area contributed by atoms with E-state index < -0.39 is 11.0 Å². The molecule has 2 aromatic carbocycles. The number of Topliss-reactive ketones (excluding diaryl/α,β-unsaturated/α-hetero) is 1. The first kappa shape index (κ1) is 19.0. The summed E-state index contributed by atoms with van der Waals surface area (Å²) in [6.07, 6.45) is 1.82. The minimum atomic E-state index is -0.708. The van der Waals surface area contributed by atoms with Gasteiger partial charge in [-0.15, -0.1) is 5.10 Å². The number of para-hydroxylation sites is 1. The van der Waals surface area contributed by atoms with Crippen LogP contribution in [-0.2, 0) is 4.79 Å². The van der Waals surface area contributed by atoms with E-state index in [-0.39, 0.29) is 11.5 Å². The van der Waals surface area contributed by atoms with Gasteiger partial charge in [-0.05, 0) is 43.2 Å². The molecule has 1 atom stereocenters. The molecule has 5 rings (SSSR count). The molecule has 31 heavy (non-hydrogen) atoms. The number of hydrogen-bond acceptors (Lipinski definition) is 7. The van der Waals surface area contributed by atoms with Crippen molar-refractivity contribution in [3.05, 3.63) is 75.5 Å². The Balaban J connectivity index is 1.69. The Labute approximate surface area is 177 Å². The van der Waals surface area contributed by atoms with Crippen LogP contribution in [-0.4, -0.2) is 32.6 Å². The number of carbonyl (C=O) groups excluding carboxylic acids is 1. The summed E-state index contributed by atoms with van der Waals surface area (Å²) in [6, 6.07) is 13.1. The number of ketones is 1. The lowest BCUT2D eigenvalue weighted by Gasteiger charge is -2.31. The predicted octanol–water partition coefficient (Wildman–Crippen LogP) is 3.88. The van der Waals surface area contributed by atoms with Gasteiger partial charge in [-0.3, -0.25) is 14.9 Å². The third kappa shape index (κ3) is 3.14. The molecule has 1 aliphatic carbocycles. The first-order chi connectivity index (χ1) is 15.1. The van der Waals surface area contributed by atoms with Crippen molar-refractivity contribution in [2.75, 3.05) is 12.4 Å². The van der Waals surface area contributed by atoms with Crippen molar-refractivity contribution >= 4 is 17.4 Å². The maximum absolute atomic E-state index is 12.9. The van der Waals surface area contributed by atoms with Crippen LogP contribution in [0, 0.1) is 10.1 Å². The molecule has 9 heteroatoms. The van der Waals surface area contributed by atoms with Gasteiger partial charge in [0.05, 0.1) is 17.6 Å². The number of aromatic nitrogens is 3. The number of benzene rings is 2. The summed E-state index contributed by atoms with van der Waals surface area (Å²) in [4.78, 5) is 28.8. The molecule has 156 valence electrons. The van der Waals surface area contributed by atoms with Crippen molar-refractivity contribution in [3.63, 3.8) is 0 Å². The maximum atomic E-state index is 12.9. The molecule has 0 spiro atoms. The van der Waals surface area contributed by atoms with Crippen LogP contribution in [0.5, 0.6) is 5.75 Å². The van der Waals surface area contributed by atoms with Crippen molar-refractivity contribution < 1.29 is 14.5 Å². The van der Waals surface area contributed by atoms with Crippen LogP contribution in [0.15, 0.2) is 59.8 Å². The summed E-state index contributed by atoms with van der Waals surface area (Å²) in [5.74, 6) is 1.61. The SMILES string of the molecule is COc1ccc(-c2nc3n(n2)C(c2ccccc2[N+](=O)[O-])C2=C(CCCC2=O)N3)cc1. The molecule has 0 bridgehead atoms. The van der Waals surface area contributed by atoms with E-state index in [1.165, 1.54) is 6.07 Å². The third-order valence-corrected chi connectivity index (χ3v) is 5.64. The van der Waals surface area contributed by atoms with Crippen LogP contribution >= 0.6 is 0 Å². The molecular weight excluding hydrogens is 398 g/mol. The van der Waals surface area contributed by atoms with Gasteiger partial charge in [0.1, 0.15) is 11.8 Å². The third-order valence-electron chi connectivity index (χ3n) is 5.64. The highest BCUT2D eigenvalue weighted by Crippen LogP contribution is 2.43. The largest absolute Gasteiger partial charge is 0.497 e. The van der Waals surface area contributed by atoms with E-state index in [0.717, 1.165) is 17.7 Å². The summed E-state index contributed by atoms with van der Waals surface area (Å²) in [5.41, 5.74) is 2.44. The molecule has 2 heterocycles. The highest BCUT2D eigenvalue weighted by Gasteiger charge is 2.39. The highest BCUT2D eigenvalue weighted by atomic mass is 16.6. The fourth-order valence-electron chi connectivity index (χ4n) is 4.19. The molecule has 1 N–H and O–H groups in total. The predicted molar refractivity (Wildman–Crippen MR) is 113 cm³/mol. The van der Waals surface area contributed by atoms with Gasteiger partial charge in [-0.2, -0.15) is 4.98 Å². The van der Waals surface area contributed by atoms with Crippen LogP contribution in [0.2, 0.25) is 0 Å². The monoisotopic (exact) mass is 417 g/mol. The molecule has 1 unspecified atom stereocenters. The second-order valence-corrected chi connectivity index (χ2v) is 7.44. The second-order valence-electron chi connectivity index (χ2n) is 7.44. The van der Waals surface area contributed by atoms with Gasteiger partial charge in [0, 0.05) is 29.3 Å². The number of fused-ring (bicyclic) bond motifs is 1. The summed E-state index contributed by atoms with van der Waals surface area (Å²) in [7, 11) is 1.59. The van der Waals surface area contributed by atoms with E-state index in [9.17, 15) is 14.9 Å². The van der Waals surface area contributed by atoms with Gasteiger partial charge in [-0.25, -0.2) is 4.68 Å². The van der Waals surface area contributed by atoms with Crippen molar-refractivity contribution in [3.8, 4) is 17.1 Å². The smallest absolute Gasteiger partial charge is 0.275 e. The Morgan fingerprint density at radius 1 is 1.16 bits per heavy atom. The van der Waals surface area contributed by atoms with Crippen molar-refractivity contribution in [1.82, 2.24) is 14.8 Å². The van der Waals surface area contributed by atoms with E-state index >= 15 is 0 Å². The summed E-state index contributed by atoms with van der Waals surface area (Å²) in [6.45, 7) is 0. The van der Waals surface area contributed by atoms with Crippen LogP contribution in [0.3, 0.4) is 0 Å². The number of nitrogens with one attached hydrogen (secondary N) is 1. The van der Waals surface area contributed by atoms with E-state index in [1.807, 2.05) is 24.3 Å². The minimum Gasteiger partial charge on any atom is -0.497 e. The Morgan fingerprint density at radius 2 is 1.94 bits per heavy atom. The molecule has 1 aliphatic heterocycles. The molecule has 0 saturated heterocycles. The number of nitro benzene ring substituents is 1. The van der Waals surface area contributed by atoms with E-state index in [0.29, 0.717) is 41.5 Å². The Kier molecular flexibility index (Phi) is 4.50. The van der Waals surface area contributed by atoms with Crippen LogP contribution in [0.1, 0.15) is 30.9 Å². The Bertz CT molecular complexity index is 1230. The van der Waals surface area contributed by atoms with E-state index in [1.54, 1.807) is 30.0 Å². The number of nitrogens with zero attached hydrogens (tertiary/aromatic N) is 4. The normalized spacial score (nSPS) is 17.6. The molecular formula is C22H19N5O4. The van der Waals surface area contributed by atoms with Gasteiger partial charge < -0.3 is 10.1 Å². The van der Waals surface area contributed by atoms with Gasteiger partial charge in [-0.1, -0.05) is 12.1 Å². The first-order valence-corrected chi connectivity index (χ1v) is 9.94. The number of carbonyl (C=O) groups is 1. The molecule has 3 aromatic rings. The lowest BCUT2D eigenvalue weighted by Crippen LogP contribution is -2.31. The molecule has 9 nitrogen and oxygen atoms in total. The maximum Gasteiger partial charge on any atom is 0.275 e. The Morgan fingerprint density at radius 3 is 2.68 bits per heavy atom. The molecule has 0 saturated carbocycles. The molecule has 0 radical (unpaired) electrons. The van der Waals surface area contributed by atoms with Gasteiger partial charge in [0.25, 0.3) is 5.69 Å². The summed E-state index contributed by atoms with van der Waals surface area (Å²) in [5, 5.41) is 19.6. The van der Waals surface area contributed by atoms with E-state index in [2.05, 4.69) is 15.4 Å². The lowest BCUT2D eigenvalue weighted by atomic mass is 9.85.